The van der Waals surface area contributed by atoms with Crippen molar-refractivity contribution in [3.8, 4) is 0 Å². The molecule has 0 aromatic carbocycles. The van der Waals surface area contributed by atoms with Crippen LogP contribution in [0.2, 0.25) is 0 Å². The van der Waals surface area contributed by atoms with Crippen LogP contribution in [-0.2, 0) is 11.2 Å². The lowest BCUT2D eigenvalue weighted by Gasteiger charge is -2.23. The van der Waals surface area contributed by atoms with E-state index in [1.54, 1.807) is 30.9 Å². The molecule has 1 aliphatic rings. The molecule has 1 amide bonds. The molecule has 1 aliphatic heterocycles. The molecule has 3 rings (SSSR count). The van der Waals surface area contributed by atoms with Crippen molar-refractivity contribution in [1.82, 2.24) is 19.9 Å². The van der Waals surface area contributed by atoms with Crippen molar-refractivity contribution in [3.05, 3.63) is 54.4 Å². The van der Waals surface area contributed by atoms with Gasteiger partial charge in [-0.25, -0.2) is 9.97 Å². The summed E-state index contributed by atoms with van der Waals surface area (Å²) in [5, 5.41) is 0. The summed E-state index contributed by atoms with van der Waals surface area (Å²) in [6, 6.07) is 7.27. The van der Waals surface area contributed by atoms with E-state index in [1.807, 2.05) is 17.0 Å². The van der Waals surface area contributed by atoms with Crippen molar-refractivity contribution in [2.24, 2.45) is 5.92 Å². The van der Waals surface area contributed by atoms with Crippen LogP contribution >= 0.6 is 0 Å². The zero-order valence-corrected chi connectivity index (χ0v) is 12.3. The first-order valence-electron chi connectivity index (χ1n) is 7.36. The highest BCUT2D eigenvalue weighted by molar-refractivity contribution is 5.92. The molecule has 0 bridgehead atoms. The van der Waals surface area contributed by atoms with Gasteiger partial charge >= 0.3 is 0 Å². The number of rotatable bonds is 3. The standard InChI is InChI=1S/C16H18N4O2/c21-16(15-3-1-2-5-18-15)20-7-8-22-11-13(10-20)9-14-4-6-17-12-19-14/h1-6,12-13H,7-11H2. The topological polar surface area (TPSA) is 68.2 Å². The van der Waals surface area contributed by atoms with Gasteiger partial charge in [0.05, 0.1) is 13.2 Å². The first-order chi connectivity index (χ1) is 10.8. The molecule has 0 radical (unpaired) electrons. The van der Waals surface area contributed by atoms with Crippen molar-refractivity contribution < 1.29 is 9.53 Å². The van der Waals surface area contributed by atoms with Gasteiger partial charge in [0.1, 0.15) is 12.0 Å². The van der Waals surface area contributed by atoms with Crippen LogP contribution in [0.25, 0.3) is 0 Å². The average molecular weight is 298 g/mol. The molecule has 6 heteroatoms. The fourth-order valence-electron chi connectivity index (χ4n) is 2.57. The van der Waals surface area contributed by atoms with E-state index < -0.39 is 0 Å². The summed E-state index contributed by atoms with van der Waals surface area (Å²) in [5.41, 5.74) is 1.45. The van der Waals surface area contributed by atoms with E-state index in [1.165, 1.54) is 0 Å². The van der Waals surface area contributed by atoms with E-state index in [9.17, 15) is 4.79 Å². The number of carbonyl (C=O) groups excluding carboxylic acids is 1. The van der Waals surface area contributed by atoms with Crippen molar-refractivity contribution >= 4 is 5.91 Å². The maximum atomic E-state index is 12.5. The lowest BCUT2D eigenvalue weighted by Crippen LogP contribution is -2.36. The van der Waals surface area contributed by atoms with Crippen LogP contribution in [0, 0.1) is 5.92 Å². The predicted molar refractivity (Wildman–Crippen MR) is 80.2 cm³/mol. The number of amides is 1. The van der Waals surface area contributed by atoms with Gasteiger partial charge in [-0.15, -0.1) is 0 Å². The lowest BCUT2D eigenvalue weighted by atomic mass is 10.0. The van der Waals surface area contributed by atoms with E-state index in [-0.39, 0.29) is 11.8 Å². The number of hydrogen-bond acceptors (Lipinski definition) is 5. The van der Waals surface area contributed by atoms with Crippen LogP contribution in [0.4, 0.5) is 0 Å². The number of ether oxygens (including phenoxy) is 1. The normalized spacial score (nSPS) is 18.7. The third-order valence-electron chi connectivity index (χ3n) is 3.65. The van der Waals surface area contributed by atoms with Crippen LogP contribution in [-0.4, -0.2) is 52.1 Å². The molecule has 1 saturated heterocycles. The number of aromatic nitrogens is 3. The highest BCUT2D eigenvalue weighted by Gasteiger charge is 2.24. The molecule has 6 nitrogen and oxygen atoms in total. The second kappa shape index (κ2) is 7.09. The number of hydrogen-bond donors (Lipinski definition) is 0. The van der Waals surface area contributed by atoms with Gasteiger partial charge in [-0.05, 0) is 24.6 Å². The Kier molecular flexibility index (Phi) is 4.70. The molecular formula is C16H18N4O2. The van der Waals surface area contributed by atoms with Crippen molar-refractivity contribution in [3.63, 3.8) is 0 Å². The van der Waals surface area contributed by atoms with E-state index >= 15 is 0 Å². The van der Waals surface area contributed by atoms with E-state index in [0.29, 0.717) is 32.0 Å². The highest BCUT2D eigenvalue weighted by atomic mass is 16.5. The molecule has 0 aliphatic carbocycles. The Labute approximate surface area is 129 Å². The van der Waals surface area contributed by atoms with Crippen LogP contribution in [0.3, 0.4) is 0 Å². The van der Waals surface area contributed by atoms with Gasteiger partial charge in [0.2, 0.25) is 0 Å². The number of carbonyl (C=O) groups is 1. The summed E-state index contributed by atoms with van der Waals surface area (Å²) in [4.78, 5) is 26.7. The minimum atomic E-state index is -0.0428. The molecule has 1 unspecified atom stereocenters. The summed E-state index contributed by atoms with van der Waals surface area (Å²) in [6.07, 6.45) is 5.69. The molecule has 0 spiro atoms. The van der Waals surface area contributed by atoms with E-state index in [0.717, 1.165) is 12.1 Å². The monoisotopic (exact) mass is 298 g/mol. The molecule has 22 heavy (non-hydrogen) atoms. The van der Waals surface area contributed by atoms with Gasteiger partial charge in [-0.2, -0.15) is 0 Å². The summed E-state index contributed by atoms with van der Waals surface area (Å²) in [5.74, 6) is 0.184. The maximum absolute atomic E-state index is 12.5. The number of nitrogens with zero attached hydrogens (tertiary/aromatic N) is 4. The fraction of sp³-hybridized carbons (Fsp3) is 0.375. The van der Waals surface area contributed by atoms with Crippen molar-refractivity contribution in [2.75, 3.05) is 26.3 Å². The Morgan fingerprint density at radius 1 is 1.27 bits per heavy atom. The van der Waals surface area contributed by atoms with Gasteiger partial charge < -0.3 is 9.64 Å². The first kappa shape index (κ1) is 14.6. The minimum absolute atomic E-state index is 0.0428. The zero-order valence-electron chi connectivity index (χ0n) is 12.3. The van der Waals surface area contributed by atoms with Crippen molar-refractivity contribution in [1.29, 1.82) is 0 Å². The molecule has 0 N–H and O–H groups in total. The molecule has 114 valence electrons. The molecule has 1 fully saturated rings. The second-order valence-electron chi connectivity index (χ2n) is 5.31. The summed E-state index contributed by atoms with van der Waals surface area (Å²) in [7, 11) is 0. The van der Waals surface area contributed by atoms with Gasteiger partial charge in [-0.3, -0.25) is 9.78 Å². The Bertz CT molecular complexity index is 606. The molecule has 2 aromatic heterocycles. The van der Waals surface area contributed by atoms with Gasteiger partial charge in [0, 0.05) is 37.1 Å². The largest absolute Gasteiger partial charge is 0.379 e. The van der Waals surface area contributed by atoms with Gasteiger partial charge in [0.15, 0.2) is 0 Å². The van der Waals surface area contributed by atoms with Crippen LogP contribution in [0.5, 0.6) is 0 Å². The molecule has 0 saturated carbocycles. The van der Waals surface area contributed by atoms with E-state index in [4.69, 9.17) is 4.74 Å². The molecule has 2 aromatic rings. The summed E-state index contributed by atoms with van der Waals surface area (Å²) < 4.78 is 5.64. The summed E-state index contributed by atoms with van der Waals surface area (Å²) in [6.45, 7) is 2.43. The molecular weight excluding hydrogens is 280 g/mol. The third-order valence-corrected chi connectivity index (χ3v) is 3.65. The first-order valence-corrected chi connectivity index (χ1v) is 7.36. The Balaban J connectivity index is 1.69. The Morgan fingerprint density at radius 3 is 3.00 bits per heavy atom. The minimum Gasteiger partial charge on any atom is -0.379 e. The average Bonchev–Trinajstić information content (AvgIpc) is 2.81. The second-order valence-corrected chi connectivity index (χ2v) is 5.31. The van der Waals surface area contributed by atoms with Crippen molar-refractivity contribution in [2.45, 2.75) is 6.42 Å². The number of pyridine rings is 1. The fourth-order valence-corrected chi connectivity index (χ4v) is 2.57. The van der Waals surface area contributed by atoms with Crippen LogP contribution in [0.1, 0.15) is 16.2 Å². The Morgan fingerprint density at radius 2 is 2.23 bits per heavy atom. The smallest absolute Gasteiger partial charge is 0.272 e. The highest BCUT2D eigenvalue weighted by Crippen LogP contribution is 2.14. The predicted octanol–water partition coefficient (Wildman–Crippen LogP) is 1.20. The third kappa shape index (κ3) is 3.65. The molecule has 1 atom stereocenters. The van der Waals surface area contributed by atoms with Crippen LogP contribution < -0.4 is 0 Å². The van der Waals surface area contributed by atoms with Crippen LogP contribution in [0.15, 0.2) is 43.0 Å². The lowest BCUT2D eigenvalue weighted by molar-refractivity contribution is 0.0731. The van der Waals surface area contributed by atoms with Gasteiger partial charge in [-0.1, -0.05) is 6.07 Å². The maximum Gasteiger partial charge on any atom is 0.272 e. The molecule has 3 heterocycles. The summed E-state index contributed by atoms with van der Waals surface area (Å²) >= 11 is 0. The zero-order chi connectivity index (χ0) is 15.2. The Hall–Kier alpha value is -2.34. The quantitative estimate of drug-likeness (QED) is 0.852. The van der Waals surface area contributed by atoms with E-state index in [2.05, 4.69) is 15.0 Å². The van der Waals surface area contributed by atoms with Gasteiger partial charge in [0.25, 0.3) is 5.91 Å². The SMILES string of the molecule is O=C(c1ccccn1)N1CCOCC(Cc2ccncn2)C1.